The van der Waals surface area contributed by atoms with Gasteiger partial charge in [-0.15, -0.1) is 0 Å². The monoisotopic (exact) mass is 290 g/mol. The van der Waals surface area contributed by atoms with E-state index in [4.69, 9.17) is 10.5 Å². The van der Waals surface area contributed by atoms with Crippen LogP contribution in [0, 0.1) is 13.8 Å². The van der Waals surface area contributed by atoms with E-state index in [1.165, 1.54) is 5.56 Å². The molecule has 0 bridgehead atoms. The van der Waals surface area contributed by atoms with Crippen molar-refractivity contribution in [3.8, 4) is 5.75 Å². The molecule has 1 amide bonds. The lowest BCUT2D eigenvalue weighted by molar-refractivity contribution is -0.146. The van der Waals surface area contributed by atoms with Crippen molar-refractivity contribution in [3.63, 3.8) is 0 Å². The van der Waals surface area contributed by atoms with Crippen molar-refractivity contribution < 1.29 is 9.53 Å². The Bertz CT molecular complexity index is 518. The zero-order valence-electron chi connectivity index (χ0n) is 13.5. The highest BCUT2D eigenvalue weighted by molar-refractivity contribution is 5.85. The lowest BCUT2D eigenvalue weighted by atomic mass is 10.0. The van der Waals surface area contributed by atoms with Crippen molar-refractivity contribution >= 4 is 5.91 Å². The second kappa shape index (κ2) is 6.06. The lowest BCUT2D eigenvalue weighted by Gasteiger charge is -2.36. The molecule has 1 fully saturated rings. The Morgan fingerprint density at radius 1 is 1.29 bits per heavy atom. The minimum Gasteiger partial charge on any atom is -0.478 e. The molecule has 1 aliphatic heterocycles. The third kappa shape index (κ3) is 3.76. The van der Waals surface area contributed by atoms with Gasteiger partial charge in [0, 0.05) is 19.1 Å². The number of nitrogens with zero attached hydrogens (tertiary/aromatic N) is 1. The number of ether oxygens (including phenoxy) is 1. The van der Waals surface area contributed by atoms with Crippen LogP contribution in [0.4, 0.5) is 0 Å². The fourth-order valence-corrected chi connectivity index (χ4v) is 2.72. The van der Waals surface area contributed by atoms with Crippen molar-refractivity contribution in [3.05, 3.63) is 29.3 Å². The topological polar surface area (TPSA) is 55.6 Å². The van der Waals surface area contributed by atoms with Gasteiger partial charge in [-0.25, -0.2) is 0 Å². The molecule has 116 valence electrons. The highest BCUT2D eigenvalue weighted by atomic mass is 16.5. The van der Waals surface area contributed by atoms with Crippen LogP contribution in [0.2, 0.25) is 0 Å². The Morgan fingerprint density at radius 3 is 2.48 bits per heavy atom. The van der Waals surface area contributed by atoms with Crippen LogP contribution >= 0.6 is 0 Å². The first kappa shape index (κ1) is 15.8. The van der Waals surface area contributed by atoms with Gasteiger partial charge in [0.05, 0.1) is 0 Å². The summed E-state index contributed by atoms with van der Waals surface area (Å²) >= 11 is 0. The Kier molecular flexibility index (Phi) is 4.57. The van der Waals surface area contributed by atoms with Crippen LogP contribution < -0.4 is 10.5 Å². The molecule has 0 unspecified atom stereocenters. The SMILES string of the molecule is Cc1ccc(OC(C)(C)C(=O)N2CCC(N)CC2)c(C)c1. The number of amides is 1. The van der Waals surface area contributed by atoms with E-state index in [2.05, 4.69) is 6.07 Å². The van der Waals surface area contributed by atoms with Gasteiger partial charge in [0.1, 0.15) is 5.75 Å². The number of carbonyl (C=O) groups is 1. The number of likely N-dealkylation sites (tertiary alicyclic amines) is 1. The lowest BCUT2D eigenvalue weighted by Crippen LogP contribution is -2.52. The van der Waals surface area contributed by atoms with E-state index in [1.54, 1.807) is 0 Å². The predicted molar refractivity (Wildman–Crippen MR) is 84.4 cm³/mol. The molecular weight excluding hydrogens is 264 g/mol. The van der Waals surface area contributed by atoms with Crippen molar-refractivity contribution in [1.29, 1.82) is 0 Å². The van der Waals surface area contributed by atoms with E-state index in [0.29, 0.717) is 0 Å². The zero-order valence-corrected chi connectivity index (χ0v) is 13.5. The molecule has 21 heavy (non-hydrogen) atoms. The molecule has 0 aliphatic carbocycles. The Labute approximate surface area is 127 Å². The zero-order chi connectivity index (χ0) is 15.6. The number of aryl methyl sites for hydroxylation is 2. The predicted octanol–water partition coefficient (Wildman–Crippen LogP) is 2.41. The van der Waals surface area contributed by atoms with Crippen molar-refractivity contribution in [2.45, 2.75) is 52.2 Å². The fourth-order valence-electron chi connectivity index (χ4n) is 2.72. The first-order valence-electron chi connectivity index (χ1n) is 7.61. The molecule has 2 N–H and O–H groups in total. The average molecular weight is 290 g/mol. The maximum Gasteiger partial charge on any atom is 0.266 e. The smallest absolute Gasteiger partial charge is 0.266 e. The number of hydrogen-bond donors (Lipinski definition) is 1. The van der Waals surface area contributed by atoms with Crippen LogP contribution in [0.15, 0.2) is 18.2 Å². The molecular formula is C17H26N2O2. The van der Waals surface area contributed by atoms with Gasteiger partial charge in [-0.3, -0.25) is 4.79 Å². The van der Waals surface area contributed by atoms with E-state index in [9.17, 15) is 4.79 Å². The van der Waals surface area contributed by atoms with Gasteiger partial charge < -0.3 is 15.4 Å². The number of carbonyl (C=O) groups excluding carboxylic acids is 1. The van der Waals surface area contributed by atoms with Crippen LogP contribution in [0.1, 0.15) is 37.8 Å². The Balaban J connectivity index is 2.08. The largest absolute Gasteiger partial charge is 0.478 e. The van der Waals surface area contributed by atoms with E-state index < -0.39 is 5.60 Å². The minimum absolute atomic E-state index is 0.0365. The molecule has 0 aromatic heterocycles. The third-order valence-corrected chi connectivity index (χ3v) is 4.04. The van der Waals surface area contributed by atoms with Crippen LogP contribution in [-0.2, 0) is 4.79 Å². The van der Waals surface area contributed by atoms with Gasteiger partial charge in [0.2, 0.25) is 0 Å². The fraction of sp³-hybridized carbons (Fsp3) is 0.588. The van der Waals surface area contributed by atoms with E-state index >= 15 is 0 Å². The summed E-state index contributed by atoms with van der Waals surface area (Å²) in [5, 5.41) is 0. The molecule has 1 aliphatic rings. The number of benzene rings is 1. The standard InChI is InChI=1S/C17H26N2O2/c1-12-5-6-15(13(2)11-12)21-17(3,4)16(20)19-9-7-14(18)8-10-19/h5-6,11,14H,7-10,18H2,1-4H3. The van der Waals surface area contributed by atoms with Crippen molar-refractivity contribution in [2.75, 3.05) is 13.1 Å². The highest BCUT2D eigenvalue weighted by Crippen LogP contribution is 2.25. The summed E-state index contributed by atoms with van der Waals surface area (Å²) < 4.78 is 6.01. The molecule has 0 atom stereocenters. The molecule has 4 nitrogen and oxygen atoms in total. The highest BCUT2D eigenvalue weighted by Gasteiger charge is 2.35. The molecule has 1 heterocycles. The summed E-state index contributed by atoms with van der Waals surface area (Å²) in [6, 6.07) is 6.22. The maximum absolute atomic E-state index is 12.7. The number of rotatable bonds is 3. The molecule has 1 aromatic carbocycles. The summed E-state index contributed by atoms with van der Waals surface area (Å²) in [5.74, 6) is 0.807. The van der Waals surface area contributed by atoms with Crippen LogP contribution in [0.5, 0.6) is 5.75 Å². The number of nitrogens with two attached hydrogens (primary N) is 1. The van der Waals surface area contributed by atoms with Crippen LogP contribution in [-0.4, -0.2) is 35.5 Å². The molecule has 4 heteroatoms. The average Bonchev–Trinajstić information content (AvgIpc) is 2.42. The quantitative estimate of drug-likeness (QED) is 0.930. The third-order valence-electron chi connectivity index (χ3n) is 4.04. The molecule has 2 rings (SSSR count). The second-order valence-electron chi connectivity index (χ2n) is 6.51. The van der Waals surface area contributed by atoms with Gasteiger partial charge in [-0.2, -0.15) is 0 Å². The van der Waals surface area contributed by atoms with Crippen LogP contribution in [0.25, 0.3) is 0 Å². The molecule has 0 radical (unpaired) electrons. The first-order valence-corrected chi connectivity index (χ1v) is 7.61. The first-order chi connectivity index (χ1) is 9.79. The molecule has 0 saturated carbocycles. The Hall–Kier alpha value is -1.55. The summed E-state index contributed by atoms with van der Waals surface area (Å²) in [4.78, 5) is 14.5. The summed E-state index contributed by atoms with van der Waals surface area (Å²) in [7, 11) is 0. The van der Waals surface area contributed by atoms with Gasteiger partial charge in [-0.05, 0) is 52.2 Å². The summed E-state index contributed by atoms with van der Waals surface area (Å²) in [6.07, 6.45) is 1.73. The summed E-state index contributed by atoms with van der Waals surface area (Å²) in [6.45, 7) is 9.17. The summed E-state index contributed by atoms with van der Waals surface area (Å²) in [5.41, 5.74) is 7.28. The van der Waals surface area contributed by atoms with Gasteiger partial charge in [0.25, 0.3) is 5.91 Å². The van der Waals surface area contributed by atoms with E-state index in [-0.39, 0.29) is 11.9 Å². The molecule has 1 saturated heterocycles. The molecule has 0 spiro atoms. The van der Waals surface area contributed by atoms with Gasteiger partial charge in [-0.1, -0.05) is 17.7 Å². The minimum atomic E-state index is -0.860. The van der Waals surface area contributed by atoms with Gasteiger partial charge >= 0.3 is 0 Å². The van der Waals surface area contributed by atoms with Crippen molar-refractivity contribution in [1.82, 2.24) is 4.90 Å². The van der Waals surface area contributed by atoms with Crippen LogP contribution in [0.3, 0.4) is 0 Å². The normalized spacial score (nSPS) is 16.9. The number of hydrogen-bond acceptors (Lipinski definition) is 3. The van der Waals surface area contributed by atoms with Gasteiger partial charge in [0.15, 0.2) is 5.60 Å². The Morgan fingerprint density at radius 2 is 1.90 bits per heavy atom. The maximum atomic E-state index is 12.7. The van der Waals surface area contributed by atoms with Crippen molar-refractivity contribution in [2.24, 2.45) is 5.73 Å². The van der Waals surface area contributed by atoms with E-state index in [1.807, 2.05) is 44.7 Å². The van der Waals surface area contributed by atoms with E-state index in [0.717, 1.165) is 37.2 Å². The molecule has 1 aromatic rings. The second-order valence-corrected chi connectivity index (χ2v) is 6.51. The number of piperidine rings is 1.